The van der Waals surface area contributed by atoms with E-state index in [9.17, 15) is 14.0 Å². The van der Waals surface area contributed by atoms with Crippen LogP contribution in [0.1, 0.15) is 29.2 Å². The van der Waals surface area contributed by atoms with Gasteiger partial charge >= 0.3 is 0 Å². The van der Waals surface area contributed by atoms with Gasteiger partial charge in [0.05, 0.1) is 22.7 Å². The van der Waals surface area contributed by atoms with E-state index in [4.69, 9.17) is 11.6 Å². The van der Waals surface area contributed by atoms with E-state index in [0.29, 0.717) is 21.2 Å². The van der Waals surface area contributed by atoms with Gasteiger partial charge in [0.2, 0.25) is 0 Å². The van der Waals surface area contributed by atoms with E-state index < -0.39 is 0 Å². The molecule has 1 saturated heterocycles. The van der Waals surface area contributed by atoms with E-state index >= 15 is 0 Å². The van der Waals surface area contributed by atoms with E-state index in [2.05, 4.69) is 6.92 Å². The number of amides is 2. The highest BCUT2D eigenvalue weighted by molar-refractivity contribution is 8.19. The summed E-state index contributed by atoms with van der Waals surface area (Å²) in [6.45, 7) is 4.26. The lowest BCUT2D eigenvalue weighted by molar-refractivity contribution is -0.113. The van der Waals surface area contributed by atoms with Crippen LogP contribution in [0.3, 0.4) is 0 Å². The number of hydrogen-bond donors (Lipinski definition) is 0. The van der Waals surface area contributed by atoms with Crippen LogP contribution in [0.4, 0.5) is 14.9 Å². The number of hydrogen-bond acceptors (Lipinski definition) is 3. The summed E-state index contributed by atoms with van der Waals surface area (Å²) >= 11 is 7.23. The van der Waals surface area contributed by atoms with Crippen LogP contribution < -0.4 is 4.90 Å². The number of imide groups is 1. The molecule has 2 heterocycles. The van der Waals surface area contributed by atoms with Crippen LogP contribution in [0.25, 0.3) is 17.0 Å². The van der Waals surface area contributed by atoms with Gasteiger partial charge in [-0.05, 0) is 61.0 Å². The molecule has 0 unspecified atom stereocenters. The van der Waals surface area contributed by atoms with Gasteiger partial charge in [-0.2, -0.15) is 0 Å². The first-order valence-electron chi connectivity index (χ1n) is 11.3. The Morgan fingerprint density at radius 2 is 1.77 bits per heavy atom. The van der Waals surface area contributed by atoms with Crippen LogP contribution in [-0.2, 0) is 17.8 Å². The number of carbonyl (C=O) groups excluding carboxylic acids is 2. The highest BCUT2D eigenvalue weighted by Crippen LogP contribution is 2.37. The summed E-state index contributed by atoms with van der Waals surface area (Å²) in [5.74, 6) is -0.720. The van der Waals surface area contributed by atoms with E-state index in [1.165, 1.54) is 11.0 Å². The second kappa shape index (κ2) is 9.36. The largest absolute Gasteiger partial charge is 0.342 e. The van der Waals surface area contributed by atoms with Gasteiger partial charge in [0.1, 0.15) is 5.82 Å². The zero-order chi connectivity index (χ0) is 24.7. The molecule has 1 aromatic heterocycles. The Morgan fingerprint density at radius 3 is 2.49 bits per heavy atom. The minimum absolute atomic E-state index is 0.248. The lowest BCUT2D eigenvalue weighted by Gasteiger charge is -2.12. The number of thioether (sulfide) groups is 1. The molecule has 176 valence electrons. The predicted molar refractivity (Wildman–Crippen MR) is 141 cm³/mol. The molecule has 4 nitrogen and oxygen atoms in total. The average Bonchev–Trinajstić information content (AvgIpc) is 3.33. The number of anilines is 1. The van der Waals surface area contributed by atoms with E-state index in [0.717, 1.165) is 45.8 Å². The van der Waals surface area contributed by atoms with Crippen molar-refractivity contribution in [1.29, 1.82) is 0 Å². The van der Waals surface area contributed by atoms with Crippen molar-refractivity contribution in [3.8, 4) is 0 Å². The first-order chi connectivity index (χ1) is 16.9. The average molecular weight is 505 g/mol. The van der Waals surface area contributed by atoms with Gasteiger partial charge in [0.15, 0.2) is 0 Å². The third-order valence-corrected chi connectivity index (χ3v) is 7.38. The van der Waals surface area contributed by atoms with Crippen molar-refractivity contribution in [2.45, 2.75) is 26.8 Å². The molecule has 0 saturated carbocycles. The second-order valence-corrected chi connectivity index (χ2v) is 9.83. The lowest BCUT2D eigenvalue weighted by Crippen LogP contribution is -2.27. The molecule has 0 N–H and O–H groups in total. The number of fused-ring (bicyclic) bond motifs is 1. The van der Waals surface area contributed by atoms with Crippen molar-refractivity contribution in [2.75, 3.05) is 4.90 Å². The number of nitrogens with zero attached hydrogens (tertiary/aromatic N) is 2. The normalized spacial score (nSPS) is 15.1. The molecule has 5 rings (SSSR count). The highest BCUT2D eigenvalue weighted by Gasteiger charge is 2.36. The number of para-hydroxylation sites is 1. The molecule has 4 aromatic rings. The van der Waals surface area contributed by atoms with Crippen LogP contribution in [0.2, 0.25) is 5.02 Å². The van der Waals surface area contributed by atoms with Gasteiger partial charge in [-0.3, -0.25) is 9.59 Å². The Balaban J connectivity index is 1.59. The smallest absolute Gasteiger partial charge is 0.298 e. The molecule has 0 radical (unpaired) electrons. The highest BCUT2D eigenvalue weighted by atomic mass is 35.5. The fourth-order valence-electron chi connectivity index (χ4n) is 4.37. The van der Waals surface area contributed by atoms with Crippen LogP contribution >= 0.6 is 23.4 Å². The number of rotatable bonds is 5. The van der Waals surface area contributed by atoms with Crippen molar-refractivity contribution in [3.05, 3.63) is 105 Å². The Morgan fingerprint density at radius 1 is 1.03 bits per heavy atom. The third kappa shape index (κ3) is 4.28. The van der Waals surface area contributed by atoms with Crippen molar-refractivity contribution >= 4 is 57.2 Å². The molecule has 3 aromatic carbocycles. The molecule has 0 aliphatic carbocycles. The zero-order valence-corrected chi connectivity index (χ0v) is 20.8. The maximum atomic E-state index is 14.6. The van der Waals surface area contributed by atoms with Gasteiger partial charge < -0.3 is 4.57 Å². The number of benzene rings is 3. The zero-order valence-electron chi connectivity index (χ0n) is 19.2. The summed E-state index contributed by atoms with van der Waals surface area (Å²) in [5, 5.41) is 0.960. The van der Waals surface area contributed by atoms with Crippen LogP contribution in [0.15, 0.2) is 71.8 Å². The van der Waals surface area contributed by atoms with Crippen LogP contribution in [0, 0.1) is 12.7 Å². The Hall–Kier alpha value is -3.35. The maximum absolute atomic E-state index is 14.6. The maximum Gasteiger partial charge on any atom is 0.298 e. The van der Waals surface area contributed by atoms with Gasteiger partial charge in [0.25, 0.3) is 11.1 Å². The number of aromatic nitrogens is 1. The number of halogens is 2. The lowest BCUT2D eigenvalue weighted by atomic mass is 10.1. The molecule has 0 atom stereocenters. The molecule has 1 fully saturated rings. The van der Waals surface area contributed by atoms with Crippen molar-refractivity contribution in [2.24, 2.45) is 0 Å². The second-order valence-electron chi connectivity index (χ2n) is 8.43. The molecule has 2 amide bonds. The molecule has 0 bridgehead atoms. The standard InChI is InChI=1S/C28H22ClFN2O2S/c1-3-18-6-4-7-21-19(15-31(26(18)21)16-22-23(29)8-5-9-24(22)30)14-25-27(33)32(28(34)35-25)20-12-10-17(2)11-13-20/h4-15H,3,16H2,1-2H3/b25-14-. The van der Waals surface area contributed by atoms with Gasteiger partial charge in [0, 0.05) is 27.7 Å². The molecule has 0 spiro atoms. The summed E-state index contributed by atoms with van der Waals surface area (Å²) in [6.07, 6.45) is 4.43. The third-order valence-electron chi connectivity index (χ3n) is 6.16. The molecular formula is C28H22ClFN2O2S. The van der Waals surface area contributed by atoms with E-state index in [1.54, 1.807) is 30.3 Å². The fourth-order valence-corrected chi connectivity index (χ4v) is 5.42. The Labute approximate surface area is 212 Å². The minimum Gasteiger partial charge on any atom is -0.342 e. The Kier molecular flexibility index (Phi) is 6.26. The summed E-state index contributed by atoms with van der Waals surface area (Å²) in [5.41, 5.74) is 4.85. The quantitative estimate of drug-likeness (QED) is 0.263. The minimum atomic E-state index is -0.367. The predicted octanol–water partition coefficient (Wildman–Crippen LogP) is 7.59. The Bertz CT molecular complexity index is 1490. The van der Waals surface area contributed by atoms with Crippen LogP contribution in [-0.4, -0.2) is 15.7 Å². The van der Waals surface area contributed by atoms with Gasteiger partial charge in [-0.15, -0.1) is 0 Å². The molecule has 35 heavy (non-hydrogen) atoms. The van der Waals surface area contributed by atoms with Gasteiger partial charge in [-0.25, -0.2) is 9.29 Å². The van der Waals surface area contributed by atoms with Crippen molar-refractivity contribution < 1.29 is 14.0 Å². The van der Waals surface area contributed by atoms with Gasteiger partial charge in [-0.1, -0.05) is 60.5 Å². The molecule has 7 heteroatoms. The van der Waals surface area contributed by atoms with Crippen molar-refractivity contribution in [1.82, 2.24) is 4.57 Å². The van der Waals surface area contributed by atoms with E-state index in [-0.39, 0.29) is 23.5 Å². The monoisotopic (exact) mass is 504 g/mol. The molecular weight excluding hydrogens is 483 g/mol. The first kappa shape index (κ1) is 23.4. The van der Waals surface area contributed by atoms with Crippen molar-refractivity contribution in [3.63, 3.8) is 0 Å². The van der Waals surface area contributed by atoms with Crippen LogP contribution in [0.5, 0.6) is 0 Å². The first-order valence-corrected chi connectivity index (χ1v) is 12.4. The summed E-state index contributed by atoms with van der Waals surface area (Å²) < 4.78 is 16.5. The summed E-state index contributed by atoms with van der Waals surface area (Å²) in [4.78, 5) is 27.5. The topological polar surface area (TPSA) is 42.3 Å². The number of aryl methyl sites for hydroxylation is 2. The molecule has 1 aliphatic heterocycles. The summed E-state index contributed by atoms with van der Waals surface area (Å²) in [7, 11) is 0. The molecule has 1 aliphatic rings. The SMILES string of the molecule is CCc1cccc2c(/C=C3\SC(=O)N(c4ccc(C)cc4)C3=O)cn(Cc3c(F)cccc3Cl)c12. The number of carbonyl (C=O) groups is 2. The summed E-state index contributed by atoms with van der Waals surface area (Å²) in [6, 6.07) is 17.9. The van der Waals surface area contributed by atoms with E-state index in [1.807, 2.05) is 48.0 Å². The fraction of sp³-hybridized carbons (Fsp3) is 0.143.